The Hall–Kier alpha value is -1.95. The van der Waals surface area contributed by atoms with Crippen molar-refractivity contribution in [2.75, 3.05) is 6.54 Å². The summed E-state index contributed by atoms with van der Waals surface area (Å²) in [5.74, 6) is -1.26. The van der Waals surface area contributed by atoms with Crippen LogP contribution in [-0.2, 0) is 0 Å². The molecule has 0 aliphatic heterocycles. The molecule has 0 saturated carbocycles. The van der Waals surface area contributed by atoms with Crippen molar-refractivity contribution in [3.05, 3.63) is 29.6 Å². The third-order valence-corrected chi connectivity index (χ3v) is 1.97. The first-order valence-corrected chi connectivity index (χ1v) is 5.06. The van der Waals surface area contributed by atoms with E-state index in [4.69, 9.17) is 5.73 Å². The molecule has 0 unspecified atom stereocenters. The third-order valence-electron chi connectivity index (χ3n) is 1.97. The topological polar surface area (TPSA) is 105 Å². The summed E-state index contributed by atoms with van der Waals surface area (Å²) in [5, 5.41) is 11.9. The highest BCUT2D eigenvalue weighted by Gasteiger charge is 2.19. The van der Waals surface area contributed by atoms with Crippen LogP contribution in [0.5, 0.6) is 0 Å². The Bertz CT molecular complexity index is 438. The molecule has 0 fully saturated rings. The van der Waals surface area contributed by atoms with E-state index in [9.17, 15) is 14.7 Å². The van der Waals surface area contributed by atoms with Crippen LogP contribution in [0.2, 0.25) is 0 Å². The lowest BCUT2D eigenvalue weighted by Gasteiger charge is -2.17. The minimum atomic E-state index is -1.03. The van der Waals surface area contributed by atoms with Crippen molar-refractivity contribution in [3.8, 4) is 0 Å². The quantitative estimate of drug-likeness (QED) is 0.667. The van der Waals surface area contributed by atoms with Gasteiger partial charge in [-0.1, -0.05) is 0 Å². The van der Waals surface area contributed by atoms with Gasteiger partial charge in [-0.05, 0) is 26.0 Å². The van der Waals surface area contributed by atoms with Crippen molar-refractivity contribution >= 4 is 11.8 Å². The third kappa shape index (κ3) is 3.84. The summed E-state index contributed by atoms with van der Waals surface area (Å²) in [5.41, 5.74) is 4.11. The molecule has 1 aromatic rings. The molecular weight excluding hydrogens is 222 g/mol. The van der Waals surface area contributed by atoms with Crippen molar-refractivity contribution in [2.24, 2.45) is 5.73 Å². The minimum absolute atomic E-state index is 0.0377. The molecule has 1 rings (SSSR count). The van der Waals surface area contributed by atoms with Gasteiger partial charge in [0.2, 0.25) is 0 Å². The van der Waals surface area contributed by atoms with Crippen LogP contribution in [0.1, 0.15) is 34.7 Å². The Morgan fingerprint density at radius 3 is 2.71 bits per heavy atom. The van der Waals surface area contributed by atoms with Crippen LogP contribution in [0, 0.1) is 0 Å². The average Bonchev–Trinajstić information content (AvgIpc) is 2.25. The molecule has 6 nitrogen and oxygen atoms in total. The number of aliphatic hydroxyl groups is 1. The monoisotopic (exact) mass is 237 g/mol. The van der Waals surface area contributed by atoms with E-state index in [0.717, 1.165) is 0 Å². The fraction of sp³-hybridized carbons (Fsp3) is 0.364. The first-order chi connectivity index (χ1) is 7.81. The number of primary amides is 1. The van der Waals surface area contributed by atoms with Gasteiger partial charge in [0.05, 0.1) is 11.2 Å². The standard InChI is InChI=1S/C11H15N3O3/c1-11(2,17)6-14-10(16)8-7(9(12)15)4-3-5-13-8/h3-5,17H,6H2,1-2H3,(H2,12,15)(H,14,16). The van der Waals surface area contributed by atoms with Crippen molar-refractivity contribution in [2.45, 2.75) is 19.4 Å². The van der Waals surface area contributed by atoms with E-state index in [1.54, 1.807) is 13.8 Å². The number of aromatic nitrogens is 1. The molecular formula is C11H15N3O3. The summed E-state index contributed by atoms with van der Waals surface area (Å²) >= 11 is 0. The van der Waals surface area contributed by atoms with Gasteiger partial charge in [-0.25, -0.2) is 0 Å². The average molecular weight is 237 g/mol. The second-order valence-corrected chi connectivity index (χ2v) is 4.26. The van der Waals surface area contributed by atoms with Crippen LogP contribution >= 0.6 is 0 Å². The molecule has 4 N–H and O–H groups in total. The zero-order chi connectivity index (χ0) is 13.1. The van der Waals surface area contributed by atoms with Crippen LogP contribution in [0.4, 0.5) is 0 Å². The minimum Gasteiger partial charge on any atom is -0.389 e. The maximum atomic E-state index is 11.7. The van der Waals surface area contributed by atoms with Crippen molar-refractivity contribution in [1.82, 2.24) is 10.3 Å². The number of hydrogen-bond donors (Lipinski definition) is 3. The molecule has 0 radical (unpaired) electrons. The van der Waals surface area contributed by atoms with Crippen LogP contribution in [-0.4, -0.2) is 34.1 Å². The van der Waals surface area contributed by atoms with Crippen molar-refractivity contribution in [1.29, 1.82) is 0 Å². The summed E-state index contributed by atoms with van der Waals surface area (Å²) in [6.45, 7) is 3.17. The van der Waals surface area contributed by atoms with Gasteiger partial charge in [0.15, 0.2) is 0 Å². The summed E-state index contributed by atoms with van der Waals surface area (Å²) in [4.78, 5) is 26.6. The first-order valence-electron chi connectivity index (χ1n) is 5.06. The highest BCUT2D eigenvalue weighted by molar-refractivity contribution is 6.05. The molecule has 0 spiro atoms. The summed E-state index contributed by atoms with van der Waals surface area (Å²) in [6.07, 6.45) is 1.39. The van der Waals surface area contributed by atoms with Gasteiger partial charge < -0.3 is 16.2 Å². The van der Waals surface area contributed by atoms with Crippen LogP contribution in [0.3, 0.4) is 0 Å². The molecule has 92 valence electrons. The van der Waals surface area contributed by atoms with Gasteiger partial charge in [0.25, 0.3) is 11.8 Å². The number of nitrogens with two attached hydrogens (primary N) is 1. The van der Waals surface area contributed by atoms with Gasteiger partial charge in [0, 0.05) is 12.7 Å². The number of rotatable bonds is 4. The first kappa shape index (κ1) is 13.1. The van der Waals surface area contributed by atoms with E-state index in [1.165, 1.54) is 18.3 Å². The lowest BCUT2D eigenvalue weighted by atomic mass is 10.1. The lowest BCUT2D eigenvalue weighted by Crippen LogP contribution is -2.39. The second kappa shape index (κ2) is 4.92. The number of pyridine rings is 1. The molecule has 0 aromatic carbocycles. The molecule has 6 heteroatoms. The Labute approximate surface area is 98.8 Å². The van der Waals surface area contributed by atoms with Crippen LogP contribution in [0.15, 0.2) is 18.3 Å². The van der Waals surface area contributed by atoms with Crippen LogP contribution < -0.4 is 11.1 Å². The normalized spacial score (nSPS) is 11.0. The second-order valence-electron chi connectivity index (χ2n) is 4.26. The zero-order valence-electron chi connectivity index (χ0n) is 9.73. The van der Waals surface area contributed by atoms with Crippen molar-refractivity contribution < 1.29 is 14.7 Å². The molecule has 1 heterocycles. The maximum absolute atomic E-state index is 11.7. The molecule has 0 aliphatic carbocycles. The largest absolute Gasteiger partial charge is 0.389 e. The summed E-state index contributed by atoms with van der Waals surface area (Å²) in [7, 11) is 0. The van der Waals surface area contributed by atoms with E-state index in [2.05, 4.69) is 10.3 Å². The smallest absolute Gasteiger partial charge is 0.270 e. The van der Waals surface area contributed by atoms with E-state index in [0.29, 0.717) is 0 Å². The van der Waals surface area contributed by atoms with Gasteiger partial charge in [-0.2, -0.15) is 0 Å². The Morgan fingerprint density at radius 1 is 1.53 bits per heavy atom. The number of nitrogens with one attached hydrogen (secondary N) is 1. The molecule has 0 saturated heterocycles. The van der Waals surface area contributed by atoms with Crippen LogP contribution in [0.25, 0.3) is 0 Å². The summed E-state index contributed by atoms with van der Waals surface area (Å²) < 4.78 is 0. The van der Waals surface area contributed by atoms with Gasteiger partial charge >= 0.3 is 0 Å². The number of hydrogen-bond acceptors (Lipinski definition) is 4. The molecule has 0 aliphatic rings. The highest BCUT2D eigenvalue weighted by atomic mass is 16.3. The Kier molecular flexibility index (Phi) is 3.80. The number of amides is 2. The fourth-order valence-corrected chi connectivity index (χ4v) is 1.17. The van der Waals surface area contributed by atoms with E-state index >= 15 is 0 Å². The van der Waals surface area contributed by atoms with Crippen molar-refractivity contribution in [3.63, 3.8) is 0 Å². The SMILES string of the molecule is CC(C)(O)CNC(=O)c1ncccc1C(N)=O. The lowest BCUT2D eigenvalue weighted by molar-refractivity contribution is 0.0691. The van der Waals surface area contributed by atoms with Gasteiger partial charge in [-0.15, -0.1) is 0 Å². The fourth-order valence-electron chi connectivity index (χ4n) is 1.17. The van der Waals surface area contributed by atoms with E-state index in [1.807, 2.05) is 0 Å². The number of carbonyl (C=O) groups is 2. The van der Waals surface area contributed by atoms with E-state index < -0.39 is 17.4 Å². The molecule has 2 amide bonds. The Morgan fingerprint density at radius 2 is 2.18 bits per heavy atom. The maximum Gasteiger partial charge on any atom is 0.270 e. The predicted octanol–water partition coefficient (Wildman–Crippen LogP) is -0.319. The number of nitrogens with zero attached hydrogens (tertiary/aromatic N) is 1. The number of carbonyl (C=O) groups excluding carboxylic acids is 2. The van der Waals surface area contributed by atoms with Gasteiger partial charge in [0.1, 0.15) is 5.69 Å². The van der Waals surface area contributed by atoms with Gasteiger partial charge in [-0.3, -0.25) is 14.6 Å². The molecule has 0 atom stereocenters. The molecule has 1 aromatic heterocycles. The van der Waals surface area contributed by atoms with E-state index in [-0.39, 0.29) is 17.8 Å². The highest BCUT2D eigenvalue weighted by Crippen LogP contribution is 2.05. The predicted molar refractivity (Wildman–Crippen MR) is 61.4 cm³/mol. The zero-order valence-corrected chi connectivity index (χ0v) is 9.73. The Balaban J connectivity index is 2.86. The summed E-state index contributed by atoms with van der Waals surface area (Å²) in [6, 6.07) is 2.95. The molecule has 17 heavy (non-hydrogen) atoms. The molecule has 0 bridgehead atoms.